The first kappa shape index (κ1) is 46.5. The summed E-state index contributed by atoms with van der Waals surface area (Å²) in [4.78, 5) is 25.7. The monoisotopic (exact) mass is 817 g/mol. The van der Waals surface area contributed by atoms with Crippen LogP contribution >= 0.6 is 0 Å². The molecule has 1 heterocycles. The van der Waals surface area contributed by atoms with Crippen LogP contribution < -0.4 is 11.2 Å². The number of aliphatic hydroxyl groups excluding tert-OH is 10. The third kappa shape index (κ3) is 9.51. The Morgan fingerprint density at radius 1 is 0.930 bits per heavy atom. The SMILES string of the molecule is C[C@H](CCC(=O)N(N)CCCCNC(=O)C(O)C(O)C(OC1OC(CO)C(O)C(O)C1O)C(O)CO)[C@H]1CC[C@H]2[C@@H]3CC[C@@H]4C[C@H](O)CC[C@]4(C)[C@H]3C[C@H](O)[C@]12C. The van der Waals surface area contributed by atoms with Crippen LogP contribution in [0.25, 0.3) is 0 Å². The second-order valence-corrected chi connectivity index (χ2v) is 18.5. The molecular weight excluding hydrogens is 746 g/mol. The molecule has 0 radical (unpaired) electrons. The number of nitrogens with one attached hydrogen (secondary N) is 1. The van der Waals surface area contributed by atoms with Crippen LogP contribution in [0, 0.1) is 46.3 Å². The molecule has 17 heteroatoms. The lowest BCUT2D eigenvalue weighted by Crippen LogP contribution is -2.62. The van der Waals surface area contributed by atoms with E-state index < -0.39 is 80.3 Å². The van der Waals surface area contributed by atoms with Crippen LogP contribution in [0.15, 0.2) is 0 Å². The fourth-order valence-electron chi connectivity index (χ4n) is 11.9. The number of carbonyl (C=O) groups excluding carboxylic acids is 2. The molecule has 0 spiro atoms. The third-order valence-electron chi connectivity index (χ3n) is 15.4. The molecule has 57 heavy (non-hydrogen) atoms. The van der Waals surface area contributed by atoms with Gasteiger partial charge in [0, 0.05) is 19.5 Å². The number of aliphatic hydroxyl groups is 10. The Morgan fingerprint density at radius 3 is 2.33 bits per heavy atom. The summed E-state index contributed by atoms with van der Waals surface area (Å²) in [6.07, 6.45) is -7.62. The Balaban J connectivity index is 1.03. The summed E-state index contributed by atoms with van der Waals surface area (Å²) in [6, 6.07) is 0. The van der Waals surface area contributed by atoms with Crippen LogP contribution in [-0.2, 0) is 19.1 Å². The lowest BCUT2D eigenvalue weighted by molar-refractivity contribution is -0.326. The normalized spacial score (nSPS) is 41.8. The topological polar surface area (TPSA) is 296 Å². The van der Waals surface area contributed by atoms with Crippen LogP contribution in [0.2, 0.25) is 0 Å². The van der Waals surface area contributed by atoms with Crippen LogP contribution in [-0.4, -0.2) is 162 Å². The summed E-state index contributed by atoms with van der Waals surface area (Å²) < 4.78 is 10.6. The van der Waals surface area contributed by atoms with Crippen molar-refractivity contribution in [3.8, 4) is 0 Å². The molecule has 5 aliphatic rings. The van der Waals surface area contributed by atoms with E-state index in [9.17, 15) is 60.7 Å². The molecule has 0 aromatic carbocycles. The molecule has 4 saturated carbocycles. The molecule has 5 fully saturated rings. The van der Waals surface area contributed by atoms with E-state index in [1.54, 1.807) is 0 Å². The molecule has 5 rings (SSSR count). The van der Waals surface area contributed by atoms with Crippen molar-refractivity contribution < 1.29 is 70.1 Å². The fraction of sp³-hybridized carbons (Fsp3) is 0.950. The van der Waals surface area contributed by atoms with E-state index in [-0.39, 0.29) is 48.3 Å². The smallest absolute Gasteiger partial charge is 0.251 e. The molecule has 1 saturated heterocycles. The Morgan fingerprint density at radius 2 is 1.65 bits per heavy atom. The Bertz CT molecular complexity index is 1330. The van der Waals surface area contributed by atoms with Crippen molar-refractivity contribution in [2.24, 2.45) is 52.2 Å². The number of ether oxygens (including phenoxy) is 2. The van der Waals surface area contributed by atoms with E-state index in [0.29, 0.717) is 48.9 Å². The summed E-state index contributed by atoms with van der Waals surface area (Å²) >= 11 is 0. The first-order valence-corrected chi connectivity index (χ1v) is 21.2. The van der Waals surface area contributed by atoms with Gasteiger partial charge in [-0.2, -0.15) is 0 Å². The Labute approximate surface area is 335 Å². The highest BCUT2D eigenvalue weighted by atomic mass is 16.7. The minimum atomic E-state index is -2.17. The molecule has 1 aliphatic heterocycles. The Kier molecular flexibility index (Phi) is 15.8. The lowest BCUT2D eigenvalue weighted by atomic mass is 9.43. The van der Waals surface area contributed by atoms with Gasteiger partial charge < -0.3 is 65.9 Å². The van der Waals surface area contributed by atoms with Crippen LogP contribution in [0.1, 0.15) is 97.8 Å². The zero-order valence-corrected chi connectivity index (χ0v) is 33.8. The summed E-state index contributed by atoms with van der Waals surface area (Å²) in [5.41, 5.74) is -0.0261. The number of unbranched alkanes of at least 4 members (excludes halogenated alkanes) is 1. The van der Waals surface area contributed by atoms with Crippen molar-refractivity contribution in [1.29, 1.82) is 0 Å². The third-order valence-corrected chi connectivity index (χ3v) is 15.4. The molecule has 0 aromatic heterocycles. The van der Waals surface area contributed by atoms with Gasteiger partial charge in [-0.3, -0.25) is 14.6 Å². The van der Waals surface area contributed by atoms with E-state index in [0.717, 1.165) is 51.4 Å². The molecule has 4 aliphatic carbocycles. The number of carbonyl (C=O) groups is 2. The summed E-state index contributed by atoms with van der Waals surface area (Å²) in [6.45, 7) is 5.39. The number of fused-ring (bicyclic) bond motifs is 5. The standard InChI is InChI=1S/C40H71N3O14/c1-20(24-9-10-25-23-8-7-21-16-22(46)12-13-39(21,2)26(23)17-29(48)40(24,25)3)6-11-30(49)43(41)15-5-4-14-42-37(55)34(53)33(52)36(27(47)18-44)57-38-35(54)32(51)31(50)28(19-45)56-38/h20-29,31-36,38,44-48,50-54H,4-19,41H2,1-3H3,(H,42,55)/t20-,21-,22-,23+,24-,25+,26+,27?,28?,29+,31?,32?,33?,34?,35?,36?,38?,39+,40-/m1/s1. The number of amides is 2. The number of nitrogens with two attached hydrogens (primary N) is 1. The number of hydrazine groups is 1. The molecule has 0 aromatic rings. The van der Waals surface area contributed by atoms with E-state index in [2.05, 4.69) is 26.1 Å². The molecule has 19 atom stereocenters. The van der Waals surface area contributed by atoms with Crippen molar-refractivity contribution in [2.45, 2.75) is 165 Å². The average molecular weight is 818 g/mol. The van der Waals surface area contributed by atoms with Crippen LogP contribution in [0.3, 0.4) is 0 Å². The molecule has 0 bridgehead atoms. The maximum absolute atomic E-state index is 13.1. The van der Waals surface area contributed by atoms with Gasteiger partial charge in [0.15, 0.2) is 12.4 Å². The predicted octanol–water partition coefficient (Wildman–Crippen LogP) is -1.75. The second kappa shape index (κ2) is 19.4. The largest absolute Gasteiger partial charge is 0.394 e. The summed E-state index contributed by atoms with van der Waals surface area (Å²) in [7, 11) is 0. The van der Waals surface area contributed by atoms with Crippen molar-refractivity contribution in [1.82, 2.24) is 10.3 Å². The maximum atomic E-state index is 13.1. The first-order chi connectivity index (χ1) is 26.9. The average Bonchev–Trinajstić information content (AvgIpc) is 3.56. The number of nitrogens with zero attached hydrogens (tertiary/aromatic N) is 1. The number of hydrogen-bond acceptors (Lipinski definition) is 15. The van der Waals surface area contributed by atoms with Gasteiger partial charge in [-0.15, -0.1) is 0 Å². The van der Waals surface area contributed by atoms with Crippen molar-refractivity contribution in [3.63, 3.8) is 0 Å². The van der Waals surface area contributed by atoms with E-state index in [1.807, 2.05) is 0 Å². The summed E-state index contributed by atoms with van der Waals surface area (Å²) in [5.74, 6) is 7.44. The van der Waals surface area contributed by atoms with Gasteiger partial charge >= 0.3 is 0 Å². The Hall–Kier alpha value is -1.58. The number of rotatable bonds is 17. The van der Waals surface area contributed by atoms with Crippen LogP contribution in [0.5, 0.6) is 0 Å². The van der Waals surface area contributed by atoms with Crippen LogP contribution in [0.4, 0.5) is 0 Å². The van der Waals surface area contributed by atoms with Gasteiger partial charge in [0.25, 0.3) is 5.91 Å². The van der Waals surface area contributed by atoms with Crippen molar-refractivity contribution in [2.75, 3.05) is 26.3 Å². The second-order valence-electron chi connectivity index (χ2n) is 18.5. The van der Waals surface area contributed by atoms with E-state index in [4.69, 9.17) is 15.3 Å². The quantitative estimate of drug-likeness (QED) is 0.0336. The summed E-state index contributed by atoms with van der Waals surface area (Å²) in [5, 5.41) is 107. The minimum absolute atomic E-state index is 0.0375. The van der Waals surface area contributed by atoms with E-state index >= 15 is 0 Å². The van der Waals surface area contributed by atoms with Crippen molar-refractivity contribution >= 4 is 11.8 Å². The van der Waals surface area contributed by atoms with Gasteiger partial charge in [0.1, 0.15) is 42.7 Å². The fourth-order valence-corrected chi connectivity index (χ4v) is 11.9. The molecule has 17 nitrogen and oxygen atoms in total. The van der Waals surface area contributed by atoms with Gasteiger partial charge in [-0.05, 0) is 117 Å². The molecule has 2 amide bonds. The highest BCUT2D eigenvalue weighted by Crippen LogP contribution is 2.68. The molecular formula is C40H71N3O14. The van der Waals surface area contributed by atoms with Gasteiger partial charge in [0.05, 0.1) is 25.4 Å². The van der Waals surface area contributed by atoms with Crippen molar-refractivity contribution in [3.05, 3.63) is 0 Å². The zero-order valence-electron chi connectivity index (χ0n) is 33.8. The van der Waals surface area contributed by atoms with Gasteiger partial charge in [0.2, 0.25) is 5.91 Å². The minimum Gasteiger partial charge on any atom is -0.394 e. The highest BCUT2D eigenvalue weighted by molar-refractivity contribution is 5.81. The predicted molar refractivity (Wildman–Crippen MR) is 203 cm³/mol. The number of hydrogen-bond donors (Lipinski definition) is 12. The molecule has 13 N–H and O–H groups in total. The lowest BCUT2D eigenvalue weighted by Gasteiger charge is -2.62. The first-order valence-electron chi connectivity index (χ1n) is 21.2. The highest BCUT2D eigenvalue weighted by Gasteiger charge is 2.63. The van der Waals surface area contributed by atoms with Gasteiger partial charge in [-0.1, -0.05) is 20.8 Å². The van der Waals surface area contributed by atoms with Gasteiger partial charge in [-0.25, -0.2) is 5.84 Å². The molecule has 330 valence electrons. The van der Waals surface area contributed by atoms with E-state index in [1.165, 1.54) is 5.01 Å². The maximum Gasteiger partial charge on any atom is 0.251 e. The molecule has 9 unspecified atom stereocenters. The zero-order chi connectivity index (χ0) is 42.0.